The maximum Gasteiger partial charge on any atom is 0.226 e. The quantitative estimate of drug-likeness (QED) is 0.913. The number of nitrogens with one attached hydrogen (secondary N) is 1. The van der Waals surface area contributed by atoms with E-state index in [0.29, 0.717) is 18.3 Å². The second-order valence-corrected chi connectivity index (χ2v) is 6.19. The van der Waals surface area contributed by atoms with Crippen LogP contribution in [0.25, 0.3) is 0 Å². The van der Waals surface area contributed by atoms with E-state index in [0.717, 1.165) is 12.0 Å². The van der Waals surface area contributed by atoms with Gasteiger partial charge in [0.1, 0.15) is 5.82 Å². The molecule has 1 N–H and O–H groups in total. The molecule has 21 heavy (non-hydrogen) atoms. The summed E-state index contributed by atoms with van der Waals surface area (Å²) in [6.45, 7) is 8.91. The molecule has 1 unspecified atom stereocenters. The Kier molecular flexibility index (Phi) is 4.73. The largest absolute Gasteiger partial charge is 0.339 e. The fourth-order valence-electron chi connectivity index (χ4n) is 2.28. The predicted molar refractivity (Wildman–Crippen MR) is 79.1 cm³/mol. The Labute approximate surface area is 124 Å². The highest BCUT2D eigenvalue weighted by Gasteiger charge is 2.26. The highest BCUT2D eigenvalue weighted by atomic mass is 19.1. The molecule has 1 aromatic heterocycles. The van der Waals surface area contributed by atoms with Gasteiger partial charge in [0.25, 0.3) is 0 Å². The van der Waals surface area contributed by atoms with Crippen molar-refractivity contribution >= 4 is 0 Å². The van der Waals surface area contributed by atoms with E-state index in [1.165, 1.54) is 12.1 Å². The van der Waals surface area contributed by atoms with E-state index in [-0.39, 0.29) is 17.3 Å². The third-order valence-corrected chi connectivity index (χ3v) is 3.35. The van der Waals surface area contributed by atoms with Crippen LogP contribution in [0.2, 0.25) is 0 Å². The Bertz CT molecular complexity index is 572. The van der Waals surface area contributed by atoms with Gasteiger partial charge in [-0.25, -0.2) is 4.39 Å². The summed E-state index contributed by atoms with van der Waals surface area (Å²) in [5.74, 6) is 1.06. The van der Waals surface area contributed by atoms with Gasteiger partial charge in [-0.05, 0) is 23.1 Å². The Hall–Kier alpha value is -1.75. The molecule has 0 saturated carbocycles. The van der Waals surface area contributed by atoms with Crippen molar-refractivity contribution in [2.75, 3.05) is 0 Å². The number of benzene rings is 1. The summed E-state index contributed by atoms with van der Waals surface area (Å²) >= 11 is 0. The number of rotatable bonds is 5. The summed E-state index contributed by atoms with van der Waals surface area (Å²) in [6, 6.07) is 6.66. The molecule has 0 radical (unpaired) electrons. The van der Waals surface area contributed by atoms with Gasteiger partial charge >= 0.3 is 0 Å². The number of aryl methyl sites for hydroxylation is 1. The molecule has 0 fully saturated rings. The van der Waals surface area contributed by atoms with Crippen LogP contribution in [0.1, 0.15) is 51.0 Å². The number of nitrogens with zero attached hydrogens (tertiary/aromatic N) is 2. The highest BCUT2D eigenvalue weighted by Crippen LogP contribution is 2.32. The smallest absolute Gasteiger partial charge is 0.226 e. The Morgan fingerprint density at radius 2 is 1.90 bits per heavy atom. The van der Waals surface area contributed by atoms with Gasteiger partial charge in [0.15, 0.2) is 5.82 Å². The van der Waals surface area contributed by atoms with Crippen LogP contribution in [0.3, 0.4) is 0 Å². The van der Waals surface area contributed by atoms with Crippen molar-refractivity contribution in [1.29, 1.82) is 0 Å². The SMILES string of the molecule is CCc1nc(CNC(c2ccc(F)cc2)C(C)(C)C)no1. The number of hydrogen-bond acceptors (Lipinski definition) is 4. The van der Waals surface area contributed by atoms with E-state index in [9.17, 15) is 4.39 Å². The summed E-state index contributed by atoms with van der Waals surface area (Å²) in [7, 11) is 0. The van der Waals surface area contributed by atoms with Crippen LogP contribution < -0.4 is 5.32 Å². The summed E-state index contributed by atoms with van der Waals surface area (Å²) in [5, 5.41) is 7.38. The monoisotopic (exact) mass is 291 g/mol. The highest BCUT2D eigenvalue weighted by molar-refractivity contribution is 5.21. The Morgan fingerprint density at radius 3 is 2.43 bits per heavy atom. The molecule has 2 rings (SSSR count). The maximum absolute atomic E-state index is 13.1. The summed E-state index contributed by atoms with van der Waals surface area (Å²) in [4.78, 5) is 4.29. The fraction of sp³-hybridized carbons (Fsp3) is 0.500. The molecule has 2 aromatic rings. The van der Waals surface area contributed by atoms with Crippen LogP contribution in [0.15, 0.2) is 28.8 Å². The van der Waals surface area contributed by atoms with E-state index < -0.39 is 0 Å². The third-order valence-electron chi connectivity index (χ3n) is 3.35. The van der Waals surface area contributed by atoms with Crippen molar-refractivity contribution in [2.24, 2.45) is 5.41 Å². The predicted octanol–water partition coefficient (Wildman–Crippen LogP) is 3.65. The number of hydrogen-bond donors (Lipinski definition) is 1. The Morgan fingerprint density at radius 1 is 1.24 bits per heavy atom. The Balaban J connectivity index is 2.12. The molecule has 0 amide bonds. The molecule has 114 valence electrons. The van der Waals surface area contributed by atoms with Gasteiger partial charge in [-0.1, -0.05) is 45.0 Å². The second-order valence-electron chi connectivity index (χ2n) is 6.19. The lowest BCUT2D eigenvalue weighted by Crippen LogP contribution is -2.32. The minimum atomic E-state index is -0.225. The van der Waals surface area contributed by atoms with Crippen molar-refractivity contribution in [3.05, 3.63) is 47.4 Å². The van der Waals surface area contributed by atoms with Gasteiger partial charge in [0.2, 0.25) is 5.89 Å². The third kappa shape index (κ3) is 4.11. The molecular formula is C16H22FN3O. The van der Waals surface area contributed by atoms with Gasteiger partial charge in [-0.3, -0.25) is 0 Å². The molecule has 0 saturated heterocycles. The fourth-order valence-corrected chi connectivity index (χ4v) is 2.28. The average Bonchev–Trinajstić information content (AvgIpc) is 2.87. The van der Waals surface area contributed by atoms with Gasteiger partial charge in [0, 0.05) is 12.5 Å². The van der Waals surface area contributed by atoms with Crippen molar-refractivity contribution in [3.63, 3.8) is 0 Å². The molecule has 0 aliphatic rings. The topological polar surface area (TPSA) is 51.0 Å². The first-order valence-electron chi connectivity index (χ1n) is 7.20. The van der Waals surface area contributed by atoms with Gasteiger partial charge in [0.05, 0.1) is 6.54 Å². The average molecular weight is 291 g/mol. The minimum absolute atomic E-state index is 0.0187. The number of halogens is 1. The zero-order valence-electron chi connectivity index (χ0n) is 13.0. The molecule has 0 aliphatic heterocycles. The molecule has 1 atom stereocenters. The summed E-state index contributed by atoms with van der Waals surface area (Å²) in [5.41, 5.74) is 1.03. The molecule has 4 nitrogen and oxygen atoms in total. The van der Waals surface area contributed by atoms with Crippen molar-refractivity contribution < 1.29 is 8.91 Å². The van der Waals surface area contributed by atoms with E-state index in [2.05, 4.69) is 36.2 Å². The lowest BCUT2D eigenvalue weighted by molar-refractivity contribution is 0.267. The molecular weight excluding hydrogens is 269 g/mol. The van der Waals surface area contributed by atoms with E-state index >= 15 is 0 Å². The van der Waals surface area contributed by atoms with Gasteiger partial charge < -0.3 is 9.84 Å². The molecule has 0 bridgehead atoms. The van der Waals surface area contributed by atoms with Crippen LogP contribution >= 0.6 is 0 Å². The van der Waals surface area contributed by atoms with Gasteiger partial charge in [-0.2, -0.15) is 4.98 Å². The normalized spacial score (nSPS) is 13.4. The first-order valence-corrected chi connectivity index (χ1v) is 7.20. The van der Waals surface area contributed by atoms with Gasteiger partial charge in [-0.15, -0.1) is 0 Å². The zero-order valence-corrected chi connectivity index (χ0v) is 13.0. The minimum Gasteiger partial charge on any atom is -0.339 e. The molecule has 0 spiro atoms. The van der Waals surface area contributed by atoms with Crippen LogP contribution in [0, 0.1) is 11.2 Å². The van der Waals surface area contributed by atoms with Crippen molar-refractivity contribution in [2.45, 2.75) is 46.7 Å². The number of aromatic nitrogens is 2. The van der Waals surface area contributed by atoms with Crippen LogP contribution in [-0.2, 0) is 13.0 Å². The molecule has 0 aliphatic carbocycles. The van der Waals surface area contributed by atoms with E-state index in [4.69, 9.17) is 4.52 Å². The molecule has 1 aromatic carbocycles. The van der Waals surface area contributed by atoms with Crippen molar-refractivity contribution in [3.8, 4) is 0 Å². The maximum atomic E-state index is 13.1. The molecule has 5 heteroatoms. The first kappa shape index (κ1) is 15.6. The zero-order chi connectivity index (χ0) is 15.5. The lowest BCUT2D eigenvalue weighted by Gasteiger charge is -2.31. The van der Waals surface area contributed by atoms with Crippen molar-refractivity contribution in [1.82, 2.24) is 15.5 Å². The molecule has 1 heterocycles. The van der Waals surface area contributed by atoms with Crippen LogP contribution in [0.4, 0.5) is 4.39 Å². The second kappa shape index (κ2) is 6.35. The lowest BCUT2D eigenvalue weighted by atomic mass is 9.82. The van der Waals surface area contributed by atoms with Crippen LogP contribution in [-0.4, -0.2) is 10.1 Å². The summed E-state index contributed by atoms with van der Waals surface area (Å²) < 4.78 is 18.2. The standard InChI is InChI=1S/C16H22FN3O/c1-5-14-19-13(20-21-14)10-18-15(16(2,3)4)11-6-8-12(17)9-7-11/h6-9,15,18H,5,10H2,1-4H3. The van der Waals surface area contributed by atoms with E-state index in [1.54, 1.807) is 0 Å². The van der Waals surface area contributed by atoms with Crippen LogP contribution in [0.5, 0.6) is 0 Å². The van der Waals surface area contributed by atoms with E-state index in [1.807, 2.05) is 19.1 Å². The summed E-state index contributed by atoms with van der Waals surface area (Å²) in [6.07, 6.45) is 0.730. The first-order chi connectivity index (χ1) is 9.90.